The van der Waals surface area contributed by atoms with E-state index >= 15 is 0 Å². The molecule has 0 amide bonds. The van der Waals surface area contributed by atoms with Gasteiger partial charge in [-0.3, -0.25) is 4.90 Å². The summed E-state index contributed by atoms with van der Waals surface area (Å²) in [6.07, 6.45) is 5.76. The molecule has 1 aromatic rings. The molecule has 1 aliphatic heterocycles. The number of likely N-dealkylation sites (N-methyl/N-ethyl adjacent to an activating group) is 1. The van der Waals surface area contributed by atoms with Crippen molar-refractivity contribution in [1.29, 1.82) is 0 Å². The van der Waals surface area contributed by atoms with Gasteiger partial charge in [0.25, 0.3) is 0 Å². The lowest BCUT2D eigenvalue weighted by molar-refractivity contribution is 0.128. The first kappa shape index (κ1) is 17.5. The number of nitrogens with zero attached hydrogens (tertiary/aromatic N) is 1. The molecule has 1 saturated heterocycles. The van der Waals surface area contributed by atoms with Gasteiger partial charge in [0.2, 0.25) is 0 Å². The smallest absolute Gasteiger partial charge is 0.122 e. The van der Waals surface area contributed by atoms with E-state index < -0.39 is 6.10 Å². The van der Waals surface area contributed by atoms with E-state index in [1.54, 1.807) is 14.2 Å². The molecule has 2 atom stereocenters. The number of ether oxygens (including phenoxy) is 2. The fourth-order valence-electron chi connectivity index (χ4n) is 4.48. The number of hydrogen-bond donors (Lipinski definition) is 2. The Balaban J connectivity index is 1.66. The van der Waals surface area contributed by atoms with Crippen molar-refractivity contribution in [3.8, 4) is 11.5 Å². The number of rotatable bonds is 6. The highest BCUT2D eigenvalue weighted by atomic mass is 16.5. The van der Waals surface area contributed by atoms with Gasteiger partial charge in [-0.25, -0.2) is 0 Å². The second kappa shape index (κ2) is 7.30. The predicted molar refractivity (Wildman–Crippen MR) is 94.7 cm³/mol. The summed E-state index contributed by atoms with van der Waals surface area (Å²) < 4.78 is 10.6. The summed E-state index contributed by atoms with van der Waals surface area (Å²) in [5.74, 6) is 1.41. The van der Waals surface area contributed by atoms with Crippen LogP contribution in [0.4, 0.5) is 0 Å². The summed E-state index contributed by atoms with van der Waals surface area (Å²) in [5.41, 5.74) is 1.12. The lowest BCUT2D eigenvalue weighted by Gasteiger charge is -2.38. The molecular formula is C19H30N2O3. The zero-order valence-corrected chi connectivity index (χ0v) is 15.0. The van der Waals surface area contributed by atoms with Gasteiger partial charge in [-0.15, -0.1) is 0 Å². The Morgan fingerprint density at radius 2 is 1.83 bits per heavy atom. The maximum absolute atomic E-state index is 10.6. The van der Waals surface area contributed by atoms with Crippen molar-refractivity contribution in [1.82, 2.24) is 10.2 Å². The fraction of sp³-hybridized carbons (Fsp3) is 0.684. The molecule has 5 nitrogen and oxygen atoms in total. The maximum Gasteiger partial charge on any atom is 0.122 e. The molecule has 134 valence electrons. The van der Waals surface area contributed by atoms with Crippen LogP contribution in [0.5, 0.6) is 11.5 Å². The monoisotopic (exact) mass is 334 g/mol. The van der Waals surface area contributed by atoms with Crippen LogP contribution in [-0.2, 0) is 0 Å². The third-order valence-electron chi connectivity index (χ3n) is 5.95. The van der Waals surface area contributed by atoms with Crippen LogP contribution in [0.2, 0.25) is 0 Å². The number of likely N-dealkylation sites (tertiary alicyclic amines) is 1. The lowest BCUT2D eigenvalue weighted by atomic mass is 9.89. The van der Waals surface area contributed by atoms with Crippen molar-refractivity contribution in [3.05, 3.63) is 23.8 Å². The topological polar surface area (TPSA) is 54.0 Å². The van der Waals surface area contributed by atoms with E-state index in [1.807, 2.05) is 18.2 Å². The lowest BCUT2D eigenvalue weighted by Crippen LogP contribution is -2.52. The van der Waals surface area contributed by atoms with Crippen molar-refractivity contribution in [2.24, 2.45) is 0 Å². The van der Waals surface area contributed by atoms with Crippen molar-refractivity contribution in [2.45, 2.75) is 49.8 Å². The van der Waals surface area contributed by atoms with Gasteiger partial charge in [0.15, 0.2) is 0 Å². The Morgan fingerprint density at radius 1 is 1.21 bits per heavy atom. The Hall–Kier alpha value is -1.30. The number of benzene rings is 1. The van der Waals surface area contributed by atoms with Crippen LogP contribution >= 0.6 is 0 Å². The molecule has 0 bridgehead atoms. The van der Waals surface area contributed by atoms with E-state index in [9.17, 15) is 5.11 Å². The van der Waals surface area contributed by atoms with E-state index in [1.165, 1.54) is 25.7 Å². The van der Waals surface area contributed by atoms with Gasteiger partial charge in [-0.05, 0) is 50.6 Å². The third-order valence-corrected chi connectivity index (χ3v) is 5.95. The molecule has 2 N–H and O–H groups in total. The highest BCUT2D eigenvalue weighted by molar-refractivity contribution is 5.39. The van der Waals surface area contributed by atoms with Crippen molar-refractivity contribution in [2.75, 3.05) is 34.4 Å². The van der Waals surface area contributed by atoms with E-state index in [0.29, 0.717) is 29.6 Å². The first-order valence-corrected chi connectivity index (χ1v) is 8.95. The van der Waals surface area contributed by atoms with Crippen LogP contribution in [0.15, 0.2) is 18.2 Å². The molecular weight excluding hydrogens is 304 g/mol. The van der Waals surface area contributed by atoms with Crippen molar-refractivity contribution in [3.63, 3.8) is 0 Å². The number of aliphatic hydroxyl groups excluding tert-OH is 1. The van der Waals surface area contributed by atoms with Crippen LogP contribution in [-0.4, -0.2) is 55.9 Å². The van der Waals surface area contributed by atoms with Crippen molar-refractivity contribution >= 4 is 0 Å². The molecule has 1 aromatic carbocycles. The van der Waals surface area contributed by atoms with Gasteiger partial charge < -0.3 is 19.9 Å². The fourth-order valence-corrected chi connectivity index (χ4v) is 4.48. The highest BCUT2D eigenvalue weighted by Gasteiger charge is 2.48. The van der Waals surface area contributed by atoms with E-state index in [0.717, 1.165) is 18.5 Å². The molecule has 1 saturated carbocycles. The van der Waals surface area contributed by atoms with Gasteiger partial charge in [0.05, 0.1) is 20.3 Å². The maximum atomic E-state index is 10.6. The molecule has 2 fully saturated rings. The molecule has 1 aliphatic carbocycles. The van der Waals surface area contributed by atoms with Crippen LogP contribution in [0.3, 0.4) is 0 Å². The second-order valence-corrected chi connectivity index (χ2v) is 7.14. The normalized spacial score (nSPS) is 24.4. The van der Waals surface area contributed by atoms with Crippen LogP contribution in [0.1, 0.15) is 43.8 Å². The summed E-state index contributed by atoms with van der Waals surface area (Å²) in [5, 5.41) is 14.3. The van der Waals surface area contributed by atoms with Crippen LogP contribution in [0.25, 0.3) is 0 Å². The second-order valence-electron chi connectivity index (χ2n) is 7.14. The Bertz CT molecular complexity index is 535. The Morgan fingerprint density at radius 3 is 2.42 bits per heavy atom. The molecule has 0 aromatic heterocycles. The van der Waals surface area contributed by atoms with Crippen LogP contribution < -0.4 is 14.8 Å². The average Bonchev–Trinajstić information content (AvgIpc) is 3.22. The molecule has 1 spiro atoms. The quantitative estimate of drug-likeness (QED) is 0.836. The summed E-state index contributed by atoms with van der Waals surface area (Å²) in [7, 11) is 5.50. The minimum atomic E-state index is -0.571. The molecule has 1 heterocycles. The number of hydrogen-bond acceptors (Lipinski definition) is 5. The number of nitrogens with one attached hydrogen (secondary N) is 1. The summed E-state index contributed by atoms with van der Waals surface area (Å²) in [4.78, 5) is 2.53. The zero-order valence-electron chi connectivity index (χ0n) is 15.0. The third kappa shape index (κ3) is 3.25. The number of methoxy groups -OCH3 is 2. The SMILES string of the molecule is COc1cc(OC)cc(C(O)CNC2CCN(C)C23CCCC3)c1. The van der Waals surface area contributed by atoms with Gasteiger partial charge in [0.1, 0.15) is 11.5 Å². The highest BCUT2D eigenvalue weighted by Crippen LogP contribution is 2.42. The zero-order chi connectivity index (χ0) is 17.2. The molecule has 3 rings (SSSR count). The molecule has 24 heavy (non-hydrogen) atoms. The van der Waals surface area contributed by atoms with E-state index in [2.05, 4.69) is 17.3 Å². The summed E-state index contributed by atoms with van der Waals surface area (Å²) in [6.45, 7) is 1.69. The molecule has 0 radical (unpaired) electrons. The van der Waals surface area contributed by atoms with Crippen molar-refractivity contribution < 1.29 is 14.6 Å². The first-order chi connectivity index (χ1) is 11.6. The van der Waals surface area contributed by atoms with E-state index in [-0.39, 0.29) is 0 Å². The van der Waals surface area contributed by atoms with Gasteiger partial charge in [-0.1, -0.05) is 12.8 Å². The molecule has 2 unspecified atom stereocenters. The average molecular weight is 334 g/mol. The summed E-state index contributed by atoms with van der Waals surface area (Å²) in [6, 6.07) is 6.04. The van der Waals surface area contributed by atoms with E-state index in [4.69, 9.17) is 9.47 Å². The van der Waals surface area contributed by atoms with Gasteiger partial charge >= 0.3 is 0 Å². The van der Waals surface area contributed by atoms with Gasteiger partial charge in [0, 0.05) is 24.2 Å². The Labute approximate surface area is 144 Å². The summed E-state index contributed by atoms with van der Waals surface area (Å²) >= 11 is 0. The molecule has 5 heteroatoms. The Kier molecular flexibility index (Phi) is 5.33. The minimum absolute atomic E-state index is 0.297. The largest absolute Gasteiger partial charge is 0.497 e. The molecule has 2 aliphatic rings. The predicted octanol–water partition coefficient (Wildman–Crippen LogP) is 2.34. The van der Waals surface area contributed by atoms with Crippen LogP contribution in [0, 0.1) is 0 Å². The minimum Gasteiger partial charge on any atom is -0.497 e. The standard InChI is InChI=1S/C19H30N2O3/c1-21-9-6-18(19(21)7-4-5-8-19)20-13-17(22)14-10-15(23-2)12-16(11-14)24-3/h10-12,17-18,20,22H,4-9,13H2,1-3H3. The first-order valence-electron chi connectivity index (χ1n) is 8.95. The van der Waals surface area contributed by atoms with Gasteiger partial charge in [-0.2, -0.15) is 0 Å². The number of aliphatic hydroxyl groups is 1.